The molecule has 1 saturated carbocycles. The molecule has 0 saturated heterocycles. The predicted octanol–water partition coefficient (Wildman–Crippen LogP) is 1.32. The molecule has 3 rings (SSSR count). The first-order valence-corrected chi connectivity index (χ1v) is 9.89. The maximum atomic E-state index is 13.1. The van der Waals surface area contributed by atoms with Gasteiger partial charge in [0.25, 0.3) is 11.8 Å². The summed E-state index contributed by atoms with van der Waals surface area (Å²) in [6.07, 6.45) is 4.96. The van der Waals surface area contributed by atoms with Gasteiger partial charge >= 0.3 is 0 Å². The molecular weight excluding hydrogens is 346 g/mol. The Labute approximate surface area is 159 Å². The van der Waals surface area contributed by atoms with Crippen molar-refractivity contribution in [1.29, 1.82) is 0 Å². The summed E-state index contributed by atoms with van der Waals surface area (Å²) in [6, 6.07) is 1.70. The average molecular weight is 375 g/mol. The van der Waals surface area contributed by atoms with Gasteiger partial charge in [0.15, 0.2) is 5.69 Å². The van der Waals surface area contributed by atoms with Gasteiger partial charge in [0.1, 0.15) is 11.2 Å². The topological polar surface area (TPSA) is 96.3 Å². The summed E-state index contributed by atoms with van der Waals surface area (Å²) in [5.74, 6) is -0.710. The third-order valence-electron chi connectivity index (χ3n) is 5.49. The van der Waals surface area contributed by atoms with E-state index in [9.17, 15) is 14.4 Å². The molecule has 1 aromatic heterocycles. The first-order valence-electron chi connectivity index (χ1n) is 9.89. The van der Waals surface area contributed by atoms with E-state index < -0.39 is 5.54 Å². The van der Waals surface area contributed by atoms with Crippen molar-refractivity contribution in [3.8, 4) is 0 Å². The number of amides is 3. The summed E-state index contributed by atoms with van der Waals surface area (Å²) >= 11 is 0. The van der Waals surface area contributed by atoms with Crippen molar-refractivity contribution in [2.24, 2.45) is 0 Å². The molecule has 0 bridgehead atoms. The monoisotopic (exact) mass is 375 g/mol. The maximum Gasteiger partial charge on any atom is 0.273 e. The first-order chi connectivity index (χ1) is 12.9. The number of hydrogen-bond donors (Lipinski definition) is 2. The van der Waals surface area contributed by atoms with E-state index >= 15 is 0 Å². The van der Waals surface area contributed by atoms with Gasteiger partial charge in [0.05, 0.1) is 6.54 Å². The van der Waals surface area contributed by atoms with Crippen molar-refractivity contribution in [2.45, 2.75) is 71.0 Å². The van der Waals surface area contributed by atoms with Gasteiger partial charge in [0, 0.05) is 25.2 Å². The molecule has 8 nitrogen and oxygen atoms in total. The Hall–Kier alpha value is -2.38. The number of nitrogens with zero attached hydrogens (tertiary/aromatic N) is 3. The Morgan fingerprint density at radius 1 is 1.30 bits per heavy atom. The lowest BCUT2D eigenvalue weighted by Crippen LogP contribution is -2.65. The van der Waals surface area contributed by atoms with Crippen LogP contribution in [-0.2, 0) is 11.3 Å². The third-order valence-corrected chi connectivity index (χ3v) is 5.49. The number of aromatic nitrogens is 2. The zero-order valence-electron chi connectivity index (χ0n) is 16.4. The van der Waals surface area contributed by atoms with Gasteiger partial charge in [-0.25, -0.2) is 0 Å². The lowest BCUT2D eigenvalue weighted by atomic mass is 9.94. The molecular formula is C19H29N5O3. The largest absolute Gasteiger partial charge is 0.351 e. The summed E-state index contributed by atoms with van der Waals surface area (Å²) in [5, 5.41) is 10.1. The van der Waals surface area contributed by atoms with Crippen LogP contribution in [0, 0.1) is 0 Å². The van der Waals surface area contributed by atoms with Gasteiger partial charge < -0.3 is 15.5 Å². The van der Waals surface area contributed by atoms with Gasteiger partial charge in [-0.05, 0) is 33.1 Å². The van der Waals surface area contributed by atoms with Crippen LogP contribution in [0.2, 0.25) is 0 Å². The van der Waals surface area contributed by atoms with E-state index in [-0.39, 0.29) is 36.0 Å². The van der Waals surface area contributed by atoms with Gasteiger partial charge in [-0.2, -0.15) is 5.10 Å². The fraction of sp³-hybridized carbons (Fsp3) is 0.684. The molecule has 0 aromatic carbocycles. The van der Waals surface area contributed by atoms with Crippen molar-refractivity contribution >= 4 is 17.7 Å². The molecule has 0 radical (unpaired) electrons. The minimum absolute atomic E-state index is 0.142. The lowest BCUT2D eigenvalue weighted by molar-refractivity contribution is -0.133. The summed E-state index contributed by atoms with van der Waals surface area (Å²) in [7, 11) is 0. The van der Waals surface area contributed by atoms with Crippen LogP contribution in [0.1, 0.15) is 73.9 Å². The Bertz CT molecular complexity index is 738. The zero-order chi connectivity index (χ0) is 19.6. The highest BCUT2D eigenvalue weighted by Gasteiger charge is 2.48. The smallest absolute Gasteiger partial charge is 0.273 e. The Balaban J connectivity index is 1.91. The fourth-order valence-electron chi connectivity index (χ4n) is 3.99. The van der Waals surface area contributed by atoms with E-state index in [1.807, 2.05) is 13.8 Å². The van der Waals surface area contributed by atoms with Gasteiger partial charge in [-0.1, -0.05) is 19.8 Å². The molecule has 1 fully saturated rings. The predicted molar refractivity (Wildman–Crippen MR) is 100 cm³/mol. The molecule has 2 N–H and O–H groups in total. The van der Waals surface area contributed by atoms with Gasteiger partial charge in [0.2, 0.25) is 5.91 Å². The molecule has 2 heterocycles. The molecule has 0 spiro atoms. The van der Waals surface area contributed by atoms with E-state index in [0.29, 0.717) is 18.8 Å². The summed E-state index contributed by atoms with van der Waals surface area (Å²) in [6.45, 7) is 6.81. The second-order valence-electron chi connectivity index (χ2n) is 7.62. The second kappa shape index (κ2) is 7.70. The van der Waals surface area contributed by atoms with Crippen LogP contribution in [0.4, 0.5) is 0 Å². The molecule has 148 valence electrons. The number of rotatable bonds is 6. The van der Waals surface area contributed by atoms with Crippen molar-refractivity contribution < 1.29 is 14.4 Å². The minimum atomic E-state index is -1.02. The van der Waals surface area contributed by atoms with Crippen LogP contribution >= 0.6 is 0 Å². The highest BCUT2D eigenvalue weighted by molar-refractivity contribution is 6.01. The number of hydrogen-bond acceptors (Lipinski definition) is 4. The van der Waals surface area contributed by atoms with Crippen molar-refractivity contribution in [3.05, 3.63) is 17.5 Å². The number of nitrogens with one attached hydrogen (secondary N) is 2. The van der Waals surface area contributed by atoms with E-state index in [1.54, 1.807) is 11.8 Å². The van der Waals surface area contributed by atoms with Crippen LogP contribution in [-0.4, -0.2) is 57.1 Å². The van der Waals surface area contributed by atoms with Crippen molar-refractivity contribution in [2.75, 3.05) is 13.1 Å². The standard InChI is InChI=1S/C19H29N5O3/c1-4-10-23-17(26)15-11-14(16(25)20-5-2)22-24(15)12-19(23,3)18(27)21-13-8-6-7-9-13/h11,13H,4-10,12H2,1-3H3,(H,20,25)(H,21,27)/t19-/m1/s1. The molecule has 2 aliphatic rings. The van der Waals surface area contributed by atoms with Gasteiger partial charge in [-0.15, -0.1) is 0 Å². The Morgan fingerprint density at radius 2 is 2.00 bits per heavy atom. The van der Waals surface area contributed by atoms with Crippen LogP contribution in [0.5, 0.6) is 0 Å². The molecule has 1 aromatic rings. The summed E-state index contributed by atoms with van der Waals surface area (Å²) < 4.78 is 1.51. The summed E-state index contributed by atoms with van der Waals surface area (Å²) in [4.78, 5) is 40.0. The quantitative estimate of drug-likeness (QED) is 0.784. The van der Waals surface area contributed by atoms with Crippen LogP contribution in [0.3, 0.4) is 0 Å². The Morgan fingerprint density at radius 3 is 2.63 bits per heavy atom. The molecule has 1 aliphatic carbocycles. The number of fused-ring (bicyclic) bond motifs is 1. The summed E-state index contributed by atoms with van der Waals surface area (Å²) in [5.41, 5.74) is -0.458. The highest BCUT2D eigenvalue weighted by Crippen LogP contribution is 2.29. The third kappa shape index (κ3) is 3.57. The van der Waals surface area contributed by atoms with Crippen molar-refractivity contribution in [3.63, 3.8) is 0 Å². The molecule has 1 atom stereocenters. The van der Waals surface area contributed by atoms with E-state index in [2.05, 4.69) is 15.7 Å². The van der Waals surface area contributed by atoms with Crippen molar-refractivity contribution in [1.82, 2.24) is 25.3 Å². The van der Waals surface area contributed by atoms with Crippen LogP contribution < -0.4 is 10.6 Å². The SMILES string of the molecule is CCCN1C(=O)c2cc(C(=O)NCC)nn2C[C@]1(C)C(=O)NC1CCCC1. The molecule has 3 amide bonds. The van der Waals surface area contributed by atoms with Crippen LogP contribution in [0.25, 0.3) is 0 Å². The molecule has 0 unspecified atom stereocenters. The Kier molecular flexibility index (Phi) is 5.53. The van der Waals surface area contributed by atoms with Gasteiger partial charge in [-0.3, -0.25) is 19.1 Å². The zero-order valence-corrected chi connectivity index (χ0v) is 16.4. The van der Waals surface area contributed by atoms with Crippen LogP contribution in [0.15, 0.2) is 6.07 Å². The number of carbonyl (C=O) groups is 3. The first kappa shape index (κ1) is 19.4. The maximum absolute atomic E-state index is 13.1. The average Bonchev–Trinajstić information content (AvgIpc) is 3.28. The lowest BCUT2D eigenvalue weighted by Gasteiger charge is -2.43. The van der Waals surface area contributed by atoms with E-state index in [4.69, 9.17) is 0 Å². The molecule has 1 aliphatic heterocycles. The molecule has 27 heavy (non-hydrogen) atoms. The molecule has 8 heteroatoms. The fourth-order valence-corrected chi connectivity index (χ4v) is 3.99. The second-order valence-corrected chi connectivity index (χ2v) is 7.62. The minimum Gasteiger partial charge on any atom is -0.351 e. The highest BCUT2D eigenvalue weighted by atomic mass is 16.2. The number of carbonyl (C=O) groups excluding carboxylic acids is 3. The van der Waals surface area contributed by atoms with E-state index in [1.165, 1.54) is 10.7 Å². The van der Waals surface area contributed by atoms with E-state index in [0.717, 1.165) is 32.1 Å². The normalized spacial score (nSPS) is 22.6.